The number of carbonyl (C=O) groups excluding carboxylic acids is 5. The van der Waals surface area contributed by atoms with Gasteiger partial charge in [0, 0.05) is 27.8 Å². The lowest BCUT2D eigenvalue weighted by atomic mass is 9.85. The molecule has 0 aromatic heterocycles. The Kier molecular flexibility index (Phi) is 19.2. The van der Waals surface area contributed by atoms with Crippen LogP contribution < -0.4 is 21.7 Å². The van der Waals surface area contributed by atoms with Crippen LogP contribution in [0.1, 0.15) is 159 Å². The van der Waals surface area contributed by atoms with E-state index in [0.717, 1.165) is 12.8 Å². The first-order valence-corrected chi connectivity index (χ1v) is 20.5. The first-order chi connectivity index (χ1) is 23.2. The lowest BCUT2D eigenvalue weighted by molar-refractivity contribution is -0.143. The number of rotatable bonds is 12. The first kappa shape index (κ1) is 45.5. The van der Waals surface area contributed by atoms with Gasteiger partial charge in [-0.15, -0.1) is 0 Å². The summed E-state index contributed by atoms with van der Waals surface area (Å²) in [5.41, 5.74) is 3.83. The summed E-state index contributed by atoms with van der Waals surface area (Å²) in [6, 6.07) is -3.35. The highest BCUT2D eigenvalue weighted by molar-refractivity contribution is 7.86. The zero-order valence-electron chi connectivity index (χ0n) is 33.0. The molecule has 1 aliphatic heterocycles. The Bertz CT molecular complexity index is 1130. The van der Waals surface area contributed by atoms with Crippen LogP contribution in [0.3, 0.4) is 0 Å². The molecule has 3 rings (SSSR count). The van der Waals surface area contributed by atoms with E-state index >= 15 is 0 Å². The molecule has 4 unspecified atom stereocenters. The minimum atomic E-state index is -1.20. The van der Waals surface area contributed by atoms with Gasteiger partial charge in [0.25, 0.3) is 5.91 Å². The van der Waals surface area contributed by atoms with Crippen molar-refractivity contribution in [2.45, 2.75) is 188 Å². The van der Waals surface area contributed by atoms with Crippen molar-refractivity contribution in [3.05, 3.63) is 0 Å². The van der Waals surface area contributed by atoms with E-state index in [1.165, 1.54) is 49.8 Å². The van der Waals surface area contributed by atoms with Crippen molar-refractivity contribution in [1.82, 2.24) is 20.9 Å². The summed E-state index contributed by atoms with van der Waals surface area (Å²) in [6.07, 6.45) is 14.9. The fraction of sp³-hybridized carbons (Fsp3) is 0.868. The van der Waals surface area contributed by atoms with Gasteiger partial charge in [-0.3, -0.25) is 23.4 Å². The molecule has 11 nitrogen and oxygen atoms in total. The van der Waals surface area contributed by atoms with Gasteiger partial charge in [0.05, 0.1) is 5.54 Å². The van der Waals surface area contributed by atoms with Crippen LogP contribution in [0, 0.1) is 11.3 Å². The smallest absolute Gasteiger partial charge is 0.315 e. The summed E-state index contributed by atoms with van der Waals surface area (Å²) < 4.78 is 12.4. The number of hydrogen-bond acceptors (Lipinski definition) is 6. The van der Waals surface area contributed by atoms with Crippen molar-refractivity contribution in [3.63, 3.8) is 0 Å². The number of ketones is 1. The van der Waals surface area contributed by atoms with Crippen LogP contribution in [0.5, 0.6) is 0 Å². The predicted molar refractivity (Wildman–Crippen MR) is 203 cm³/mol. The molecule has 5 N–H and O–H groups in total. The van der Waals surface area contributed by atoms with Crippen molar-refractivity contribution in [2.75, 3.05) is 12.3 Å². The van der Waals surface area contributed by atoms with Crippen LogP contribution in [0.15, 0.2) is 0 Å². The van der Waals surface area contributed by atoms with Crippen molar-refractivity contribution in [3.8, 4) is 0 Å². The van der Waals surface area contributed by atoms with Gasteiger partial charge in [-0.2, -0.15) is 0 Å². The first-order valence-electron chi connectivity index (χ1n) is 19.1. The Labute approximate surface area is 305 Å². The monoisotopic (exact) mass is 726 g/mol. The lowest BCUT2D eigenvalue weighted by Crippen LogP contribution is -2.62. The number of primary amides is 1. The average Bonchev–Trinajstić information content (AvgIpc) is 3.85. The Balaban J connectivity index is 0.00000121. The molecule has 0 aromatic rings. The second-order valence-electron chi connectivity index (χ2n) is 16.6. The maximum absolute atomic E-state index is 13.9. The molecule has 3 fully saturated rings. The van der Waals surface area contributed by atoms with Gasteiger partial charge in [-0.05, 0) is 71.1 Å². The molecule has 1 saturated heterocycles. The molecule has 5 atom stereocenters. The van der Waals surface area contributed by atoms with E-state index in [1.54, 1.807) is 0 Å². The van der Waals surface area contributed by atoms with Gasteiger partial charge >= 0.3 is 6.03 Å². The highest BCUT2D eigenvalue weighted by atomic mass is 32.2. The second kappa shape index (κ2) is 21.1. The number of hydrogen-bond donors (Lipinski definition) is 4. The second-order valence-corrected chi connectivity index (χ2v) is 18.8. The number of nitrogens with zero attached hydrogens (tertiary/aromatic N) is 1. The fourth-order valence-corrected chi connectivity index (χ4v) is 7.55. The van der Waals surface area contributed by atoms with E-state index in [-0.39, 0.29) is 11.7 Å². The van der Waals surface area contributed by atoms with E-state index in [9.17, 15) is 28.2 Å². The number of urea groups is 1. The van der Waals surface area contributed by atoms with E-state index < -0.39 is 74.2 Å². The summed E-state index contributed by atoms with van der Waals surface area (Å²) in [5, 5.41) is 8.50. The molecular weight excluding hydrogens is 655 g/mol. The quantitative estimate of drug-likeness (QED) is 0.183. The highest BCUT2D eigenvalue weighted by Crippen LogP contribution is 2.30. The Morgan fingerprint density at radius 1 is 0.780 bits per heavy atom. The van der Waals surface area contributed by atoms with Crippen molar-refractivity contribution < 1.29 is 28.2 Å². The number of carbonyl (C=O) groups is 5. The molecule has 0 spiro atoms. The van der Waals surface area contributed by atoms with Gasteiger partial charge in [-0.1, -0.05) is 99.3 Å². The Morgan fingerprint density at radius 3 is 1.72 bits per heavy atom. The summed E-state index contributed by atoms with van der Waals surface area (Å²) in [5.74, 6) is -2.72. The van der Waals surface area contributed by atoms with Gasteiger partial charge in [-0.25, -0.2) is 4.79 Å². The highest BCUT2D eigenvalue weighted by Gasteiger charge is 2.44. The van der Waals surface area contributed by atoms with E-state index in [4.69, 9.17) is 5.73 Å². The molecule has 290 valence electrons. The number of unbranched alkanes of at least 4 members (excludes halogenated alkanes) is 1. The topological polar surface area (TPSA) is 168 Å². The number of amides is 5. The molecular formula is C38H71N5O6S. The standard InChI is InChI=1S/C29H51N5O6S.C5H10.C4H10/c1-9-29(8,17-41(40)28(5,6)7)33-26(39)32-22(27(2,3)4)25(38)34-16-12-15-19(34)24(37)31-20(21(35)23(30)36)18-13-10-11-14-18;1-2-4-5-3-1;1-3-4-2/h18-20,22H,9-17H2,1-8H3,(H2,30,36)(H,31,37)(H2,32,33,39);1-5H2;3-4H2,1-2H3/t19-,20?,22?,29?,41?;;/m0../s1. The van der Waals surface area contributed by atoms with E-state index in [0.29, 0.717) is 38.6 Å². The van der Waals surface area contributed by atoms with E-state index in [1.807, 2.05) is 55.4 Å². The summed E-state index contributed by atoms with van der Waals surface area (Å²) in [4.78, 5) is 66.3. The van der Waals surface area contributed by atoms with Gasteiger partial charge in [0.15, 0.2) is 0 Å². The number of Topliss-reactive ketones (excluding diaryl/α,β-unsaturated/α-hetero) is 1. The number of likely N-dealkylation sites (tertiary alicyclic amines) is 1. The largest absolute Gasteiger partial charge is 0.363 e. The van der Waals surface area contributed by atoms with E-state index in [2.05, 4.69) is 29.8 Å². The van der Waals surface area contributed by atoms with Crippen LogP contribution in [0.4, 0.5) is 4.79 Å². The molecule has 50 heavy (non-hydrogen) atoms. The third-order valence-corrected chi connectivity index (χ3v) is 12.3. The summed E-state index contributed by atoms with van der Waals surface area (Å²) in [6.45, 7) is 19.6. The van der Waals surface area contributed by atoms with Crippen LogP contribution in [0.2, 0.25) is 0 Å². The molecule has 0 bridgehead atoms. The minimum absolute atomic E-state index is 0.169. The maximum atomic E-state index is 13.9. The Hall–Kier alpha value is -2.50. The normalized spacial score (nSPS) is 20.9. The molecule has 2 saturated carbocycles. The van der Waals surface area contributed by atoms with Gasteiger partial charge in [0.1, 0.15) is 18.1 Å². The Morgan fingerprint density at radius 2 is 1.30 bits per heavy atom. The van der Waals surface area contributed by atoms with Crippen LogP contribution in [0.25, 0.3) is 0 Å². The molecule has 0 aromatic carbocycles. The molecule has 0 radical (unpaired) electrons. The van der Waals surface area contributed by atoms with Crippen LogP contribution >= 0.6 is 0 Å². The van der Waals surface area contributed by atoms with Gasteiger partial charge in [0.2, 0.25) is 17.6 Å². The van der Waals surface area contributed by atoms with Crippen molar-refractivity contribution >= 4 is 40.3 Å². The number of nitrogens with one attached hydrogen (secondary N) is 3. The molecule has 2 aliphatic carbocycles. The van der Waals surface area contributed by atoms with Crippen LogP contribution in [-0.2, 0) is 30.0 Å². The average molecular weight is 726 g/mol. The predicted octanol–water partition coefficient (Wildman–Crippen LogP) is 5.89. The molecule has 3 aliphatic rings. The SMILES string of the molecule is C1CCCC1.CCC(C)(CS(=O)C(C)(C)C)NC(=O)NC(C(=O)N1CCC[C@H]1C(=O)NC(C(=O)C(N)=O)C1CCCC1)C(C)(C)C.CCCC. The lowest BCUT2D eigenvalue weighted by Gasteiger charge is -2.37. The third kappa shape index (κ3) is 15.0. The minimum Gasteiger partial charge on any atom is -0.363 e. The molecule has 12 heteroatoms. The van der Waals surface area contributed by atoms with Gasteiger partial charge < -0.3 is 26.6 Å². The maximum Gasteiger partial charge on any atom is 0.315 e. The van der Waals surface area contributed by atoms with Crippen molar-refractivity contribution in [2.24, 2.45) is 17.1 Å². The fourth-order valence-electron chi connectivity index (χ4n) is 6.27. The zero-order chi connectivity index (χ0) is 38.3. The summed E-state index contributed by atoms with van der Waals surface area (Å²) >= 11 is 0. The zero-order valence-corrected chi connectivity index (χ0v) is 33.8. The van der Waals surface area contributed by atoms with Crippen molar-refractivity contribution in [1.29, 1.82) is 0 Å². The summed E-state index contributed by atoms with van der Waals surface area (Å²) in [7, 11) is -1.20. The number of nitrogens with two attached hydrogens (primary N) is 1. The third-order valence-electron chi connectivity index (χ3n) is 10.00. The molecule has 5 amide bonds. The van der Waals surface area contributed by atoms with Crippen LogP contribution in [-0.4, -0.2) is 79.4 Å². The molecule has 1 heterocycles.